The topological polar surface area (TPSA) is 24.7 Å². The van der Waals surface area contributed by atoms with E-state index in [1.54, 1.807) is 26.5 Å². The summed E-state index contributed by atoms with van der Waals surface area (Å²) in [4.78, 5) is 7.70. The Hall–Kier alpha value is -0.315. The van der Waals surface area contributed by atoms with E-state index in [-0.39, 0.29) is 0 Å². The molecule has 0 aromatic heterocycles. The van der Waals surface area contributed by atoms with Crippen molar-refractivity contribution in [2.75, 3.05) is 14.1 Å². The summed E-state index contributed by atoms with van der Waals surface area (Å²) < 4.78 is 0. The van der Waals surface area contributed by atoms with E-state index < -0.39 is 0 Å². The standard InChI is InChI=1S/2C8H8N.2ClH.2Pd/c2*1-9-7-8-5-3-2-4-6-8;;;;/h2*2-5,7H,1H3;2*1H;;/q2*-1;;;2*+2/p-2. The molecule has 0 radical (unpaired) electrons. The molecule has 124 valence electrons. The van der Waals surface area contributed by atoms with Gasteiger partial charge >= 0.3 is 55.4 Å². The van der Waals surface area contributed by atoms with Crippen LogP contribution in [0.2, 0.25) is 0 Å². The summed E-state index contributed by atoms with van der Waals surface area (Å²) in [7, 11) is 12.5. The van der Waals surface area contributed by atoms with Gasteiger partial charge in [-0.25, -0.2) is 0 Å². The van der Waals surface area contributed by atoms with Crippen LogP contribution in [0, 0.1) is 12.1 Å². The molecule has 0 fully saturated rings. The van der Waals surface area contributed by atoms with Crippen LogP contribution >= 0.6 is 19.1 Å². The fraction of sp³-hybridized carbons (Fsp3) is 0.125. The first-order valence-electron chi connectivity index (χ1n) is 5.88. The Morgan fingerprint density at radius 3 is 1.36 bits per heavy atom. The van der Waals surface area contributed by atoms with Crippen molar-refractivity contribution in [3.63, 3.8) is 0 Å². The van der Waals surface area contributed by atoms with Crippen LogP contribution in [0.25, 0.3) is 0 Å². The molecule has 2 nitrogen and oxygen atoms in total. The maximum atomic E-state index is 4.49. The quantitative estimate of drug-likeness (QED) is 0.318. The summed E-state index contributed by atoms with van der Waals surface area (Å²) in [5, 5.41) is 0. The molecular formula is C16H16Cl2N2Pd2. The fourth-order valence-electron chi connectivity index (χ4n) is 1.25. The number of hydrogen-bond acceptors (Lipinski definition) is 2. The molecule has 0 heterocycles. The average molecular weight is 520 g/mol. The van der Waals surface area contributed by atoms with Gasteiger partial charge in [-0.05, 0) is 0 Å². The van der Waals surface area contributed by atoms with Gasteiger partial charge in [0.25, 0.3) is 0 Å². The Balaban J connectivity index is 0. The molecule has 6 heteroatoms. The first-order chi connectivity index (χ1) is 10.9. The Morgan fingerprint density at radius 2 is 1.14 bits per heavy atom. The van der Waals surface area contributed by atoms with Crippen LogP contribution in [0.4, 0.5) is 0 Å². The van der Waals surface area contributed by atoms with Crippen LogP contribution in [0.5, 0.6) is 0 Å². The summed E-state index contributed by atoms with van der Waals surface area (Å²) in [5.41, 5.74) is 2.06. The van der Waals surface area contributed by atoms with Crippen LogP contribution in [0.1, 0.15) is 11.1 Å². The Bertz CT molecular complexity index is 445. The summed E-state index contributed by atoms with van der Waals surface area (Å²) >= 11 is 4.44. The number of benzene rings is 2. The molecule has 2 rings (SSSR count). The second kappa shape index (κ2) is 20.7. The van der Waals surface area contributed by atoms with Crippen molar-refractivity contribution >= 4 is 31.5 Å². The average Bonchev–Trinajstić information content (AvgIpc) is 2.62. The molecule has 0 aliphatic carbocycles. The van der Waals surface area contributed by atoms with Gasteiger partial charge in [0.1, 0.15) is 0 Å². The minimum atomic E-state index is 1.03. The molecule has 0 saturated heterocycles. The van der Waals surface area contributed by atoms with Gasteiger partial charge in [-0.2, -0.15) is 0 Å². The zero-order valence-corrected chi connectivity index (χ0v) is 16.7. The van der Waals surface area contributed by atoms with Crippen LogP contribution in [-0.2, 0) is 36.4 Å². The van der Waals surface area contributed by atoms with Crippen molar-refractivity contribution < 1.29 is 36.4 Å². The second-order valence-electron chi connectivity index (χ2n) is 3.41. The van der Waals surface area contributed by atoms with Crippen LogP contribution in [-0.4, -0.2) is 26.5 Å². The third kappa shape index (κ3) is 14.6. The van der Waals surface area contributed by atoms with Crippen molar-refractivity contribution in [1.82, 2.24) is 0 Å². The van der Waals surface area contributed by atoms with E-state index in [1.807, 2.05) is 48.5 Å². The number of nitrogens with zero attached hydrogens (tertiary/aromatic N) is 2. The van der Waals surface area contributed by atoms with Gasteiger partial charge in [-0.15, -0.1) is 71.8 Å². The Labute approximate surface area is 162 Å². The molecule has 0 amide bonds. The van der Waals surface area contributed by atoms with Crippen molar-refractivity contribution in [3.8, 4) is 0 Å². The number of hydrogen-bond donors (Lipinski definition) is 0. The molecular weight excluding hydrogens is 504 g/mol. The van der Waals surface area contributed by atoms with Crippen molar-refractivity contribution in [2.24, 2.45) is 9.98 Å². The maximum absolute atomic E-state index is 4.49. The van der Waals surface area contributed by atoms with Crippen LogP contribution < -0.4 is 0 Å². The number of halogens is 2. The summed E-state index contributed by atoms with van der Waals surface area (Å²) in [6.07, 6.45) is 3.56. The first-order valence-corrected chi connectivity index (χ1v) is 9.89. The normalized spacial score (nSPS) is 9.09. The SMILES string of the molecule is CN=Cc1[c-]cccc1.CN=Cc1[c-]cccc1.[Cl][Pd+].[Cl][Pd+]. The second-order valence-corrected chi connectivity index (χ2v) is 3.41. The molecule has 2 aromatic carbocycles. The van der Waals surface area contributed by atoms with Crippen LogP contribution in [0.3, 0.4) is 0 Å². The van der Waals surface area contributed by atoms with Crippen molar-refractivity contribution in [3.05, 3.63) is 71.8 Å². The minimum absolute atomic E-state index is 1.03. The van der Waals surface area contributed by atoms with E-state index in [0.717, 1.165) is 11.1 Å². The van der Waals surface area contributed by atoms with Gasteiger partial charge in [-0.3, -0.25) is 0 Å². The molecule has 0 bridgehead atoms. The predicted octanol–water partition coefficient (Wildman–Crippen LogP) is 4.44. The van der Waals surface area contributed by atoms with Crippen molar-refractivity contribution in [2.45, 2.75) is 0 Å². The first kappa shape index (κ1) is 23.9. The van der Waals surface area contributed by atoms with E-state index in [1.165, 1.54) is 0 Å². The fourth-order valence-corrected chi connectivity index (χ4v) is 1.25. The molecule has 0 saturated carbocycles. The Kier molecular flexibility index (Phi) is 22.5. The molecule has 0 aliphatic heterocycles. The number of aliphatic imine (C=N–C) groups is 2. The van der Waals surface area contributed by atoms with E-state index in [4.69, 9.17) is 0 Å². The zero-order chi connectivity index (χ0) is 17.1. The third-order valence-corrected chi connectivity index (χ3v) is 2.00. The monoisotopic (exact) mass is 518 g/mol. The zero-order valence-electron chi connectivity index (χ0n) is 12.1. The van der Waals surface area contributed by atoms with Gasteiger partial charge in [0, 0.05) is 14.1 Å². The van der Waals surface area contributed by atoms with E-state index in [0.29, 0.717) is 0 Å². The van der Waals surface area contributed by atoms with Gasteiger partial charge < -0.3 is 9.98 Å². The van der Waals surface area contributed by atoms with Gasteiger partial charge in [0.05, 0.1) is 0 Å². The van der Waals surface area contributed by atoms with E-state index in [9.17, 15) is 0 Å². The van der Waals surface area contributed by atoms with Crippen molar-refractivity contribution in [1.29, 1.82) is 0 Å². The molecule has 2 aromatic rings. The van der Waals surface area contributed by atoms with Gasteiger partial charge in [-0.1, -0.05) is 12.4 Å². The predicted molar refractivity (Wildman–Crippen MR) is 89.3 cm³/mol. The van der Waals surface area contributed by atoms with Crippen LogP contribution in [0.15, 0.2) is 58.5 Å². The summed E-state index contributed by atoms with van der Waals surface area (Å²) in [6.45, 7) is 0. The summed E-state index contributed by atoms with van der Waals surface area (Å²) in [5.74, 6) is 0. The molecule has 0 N–H and O–H groups in total. The third-order valence-electron chi connectivity index (χ3n) is 2.00. The molecule has 0 aliphatic rings. The van der Waals surface area contributed by atoms with Gasteiger partial charge in [0.15, 0.2) is 0 Å². The van der Waals surface area contributed by atoms with E-state index >= 15 is 0 Å². The Morgan fingerprint density at radius 1 is 0.773 bits per heavy atom. The molecule has 0 unspecified atom stereocenters. The van der Waals surface area contributed by atoms with E-state index in [2.05, 4.69) is 77.5 Å². The molecule has 22 heavy (non-hydrogen) atoms. The molecule has 0 atom stereocenters. The number of rotatable bonds is 2. The summed E-state index contributed by atoms with van der Waals surface area (Å²) in [6, 6.07) is 21.5. The van der Waals surface area contributed by atoms with Gasteiger partial charge in [0.2, 0.25) is 0 Å². The molecule has 0 spiro atoms.